The number of carboxylic acid groups (broad SMARTS) is 1. The van der Waals surface area contributed by atoms with Crippen LogP contribution in [-0.4, -0.2) is 61.9 Å². The summed E-state index contributed by atoms with van der Waals surface area (Å²) in [6.45, 7) is 0. The Bertz CT molecular complexity index is 1160. The maximum absolute atomic E-state index is 13.1. The number of imidazole rings is 1. The number of aromatic nitrogens is 3. The van der Waals surface area contributed by atoms with Crippen LogP contribution in [0.4, 0.5) is 0 Å². The molecule has 0 fully saturated rings. The van der Waals surface area contributed by atoms with Crippen molar-refractivity contribution in [1.82, 2.24) is 25.6 Å². The molecule has 180 valence electrons. The zero-order chi connectivity index (χ0) is 24.7. The highest BCUT2D eigenvalue weighted by atomic mass is 16.4. The van der Waals surface area contributed by atoms with Crippen LogP contribution in [0, 0.1) is 0 Å². The molecule has 3 atom stereocenters. The topological polar surface area (TPSA) is 209 Å². The Morgan fingerprint density at radius 2 is 1.76 bits per heavy atom. The third-order valence-electron chi connectivity index (χ3n) is 5.36. The Balaban J connectivity index is 1.79. The Kier molecular flexibility index (Phi) is 7.98. The fraction of sp³-hybridized carbons (Fsp3) is 0.318. The van der Waals surface area contributed by atoms with E-state index in [1.807, 2.05) is 24.3 Å². The average Bonchev–Trinajstić information content (AvgIpc) is 3.46. The number of carbonyl (C=O) groups excluding carboxylic acids is 3. The Labute approximate surface area is 194 Å². The van der Waals surface area contributed by atoms with E-state index in [4.69, 9.17) is 11.5 Å². The maximum Gasteiger partial charge on any atom is 0.326 e. The molecule has 0 saturated heterocycles. The number of aliphatic carboxylic acids is 1. The van der Waals surface area contributed by atoms with Crippen molar-refractivity contribution in [2.75, 3.05) is 0 Å². The number of hydrogen-bond acceptors (Lipinski definition) is 6. The molecule has 0 aliphatic carbocycles. The predicted octanol–water partition coefficient (Wildman–Crippen LogP) is -0.677. The highest BCUT2D eigenvalue weighted by Gasteiger charge is 2.29. The number of amides is 3. The van der Waals surface area contributed by atoms with E-state index in [9.17, 15) is 24.3 Å². The monoisotopic (exact) mass is 469 g/mol. The van der Waals surface area contributed by atoms with Crippen molar-refractivity contribution in [3.05, 3.63) is 54.2 Å². The number of aromatic amines is 2. The van der Waals surface area contributed by atoms with Gasteiger partial charge in [-0.05, 0) is 18.1 Å². The molecule has 1 aromatic carbocycles. The van der Waals surface area contributed by atoms with Gasteiger partial charge in [-0.2, -0.15) is 0 Å². The summed E-state index contributed by atoms with van der Waals surface area (Å²) < 4.78 is 0. The number of rotatable bonds is 12. The number of nitrogens with one attached hydrogen (secondary N) is 4. The maximum atomic E-state index is 13.1. The first-order valence-electron chi connectivity index (χ1n) is 10.6. The quantitative estimate of drug-likeness (QED) is 0.181. The molecule has 3 rings (SSSR count). The van der Waals surface area contributed by atoms with Gasteiger partial charge in [0.15, 0.2) is 0 Å². The summed E-state index contributed by atoms with van der Waals surface area (Å²) in [4.78, 5) is 58.3. The zero-order valence-corrected chi connectivity index (χ0v) is 18.3. The van der Waals surface area contributed by atoms with Gasteiger partial charge in [-0.1, -0.05) is 18.2 Å². The molecule has 0 bridgehead atoms. The van der Waals surface area contributed by atoms with Crippen molar-refractivity contribution in [2.45, 2.75) is 43.8 Å². The van der Waals surface area contributed by atoms with Crippen LogP contribution in [-0.2, 0) is 32.0 Å². The lowest BCUT2D eigenvalue weighted by atomic mass is 10.0. The van der Waals surface area contributed by atoms with Crippen molar-refractivity contribution in [3.8, 4) is 0 Å². The van der Waals surface area contributed by atoms with Crippen LogP contribution in [0.15, 0.2) is 43.0 Å². The summed E-state index contributed by atoms with van der Waals surface area (Å²) in [5.41, 5.74) is 13.1. The smallest absolute Gasteiger partial charge is 0.326 e. The van der Waals surface area contributed by atoms with Gasteiger partial charge in [-0.3, -0.25) is 14.4 Å². The summed E-state index contributed by atoms with van der Waals surface area (Å²) >= 11 is 0. The van der Waals surface area contributed by atoms with Crippen LogP contribution < -0.4 is 22.1 Å². The molecule has 0 spiro atoms. The predicted molar refractivity (Wildman–Crippen MR) is 122 cm³/mol. The highest BCUT2D eigenvalue weighted by Crippen LogP contribution is 2.19. The van der Waals surface area contributed by atoms with Crippen molar-refractivity contribution < 1.29 is 24.3 Å². The lowest BCUT2D eigenvalue weighted by molar-refractivity contribution is -0.142. The molecular weight excluding hydrogens is 442 g/mol. The van der Waals surface area contributed by atoms with Crippen LogP contribution >= 0.6 is 0 Å². The number of carbonyl (C=O) groups is 4. The second kappa shape index (κ2) is 11.1. The molecule has 12 nitrogen and oxygen atoms in total. The first kappa shape index (κ1) is 24.5. The summed E-state index contributed by atoms with van der Waals surface area (Å²) in [5.74, 6) is -3.17. The van der Waals surface area contributed by atoms with Crippen molar-refractivity contribution in [1.29, 1.82) is 0 Å². The van der Waals surface area contributed by atoms with Gasteiger partial charge < -0.3 is 37.2 Å². The van der Waals surface area contributed by atoms with Gasteiger partial charge in [0.25, 0.3) is 0 Å². The summed E-state index contributed by atoms with van der Waals surface area (Å²) in [6, 6.07) is 4.02. The molecule has 9 N–H and O–H groups in total. The minimum atomic E-state index is -1.25. The van der Waals surface area contributed by atoms with Gasteiger partial charge in [0, 0.05) is 48.3 Å². The van der Waals surface area contributed by atoms with Crippen LogP contribution in [0.3, 0.4) is 0 Å². The number of fused-ring (bicyclic) bond motifs is 1. The van der Waals surface area contributed by atoms with E-state index >= 15 is 0 Å². The molecule has 12 heteroatoms. The number of nitrogens with two attached hydrogens (primary N) is 2. The molecule has 34 heavy (non-hydrogen) atoms. The second-order valence-electron chi connectivity index (χ2n) is 7.92. The average molecular weight is 470 g/mol. The standard InChI is InChI=1S/C22H27N7O5/c23-15(5-6-19(24)30)20(31)28-17(7-12-9-26-16-4-2-1-3-14(12)16)21(32)29-18(22(33)34)8-13-10-25-11-27-13/h1-4,9-11,15,17-18,26H,5-8,23H2,(H2,24,30)(H,25,27)(H,28,31)(H,29,32)(H,33,34)/t15-,17-,18-/m0/s1. The number of para-hydroxylation sites is 1. The van der Waals surface area contributed by atoms with Crippen molar-refractivity contribution in [3.63, 3.8) is 0 Å². The van der Waals surface area contributed by atoms with E-state index in [-0.39, 0.29) is 25.7 Å². The Morgan fingerprint density at radius 3 is 2.44 bits per heavy atom. The first-order chi connectivity index (χ1) is 16.2. The molecule has 0 aliphatic rings. The van der Waals surface area contributed by atoms with Gasteiger partial charge in [0.1, 0.15) is 12.1 Å². The van der Waals surface area contributed by atoms with E-state index in [0.29, 0.717) is 5.69 Å². The molecule has 0 radical (unpaired) electrons. The SMILES string of the molecule is NC(=O)CC[C@H](N)C(=O)N[C@@H](Cc1c[nH]c2ccccc12)C(=O)N[C@@H](Cc1cnc[nH]1)C(=O)O. The van der Waals surface area contributed by atoms with Gasteiger partial charge in [-0.15, -0.1) is 0 Å². The van der Waals surface area contributed by atoms with Crippen LogP contribution in [0.25, 0.3) is 10.9 Å². The van der Waals surface area contributed by atoms with E-state index in [1.54, 1.807) is 6.20 Å². The fourth-order valence-corrected chi connectivity index (χ4v) is 3.53. The van der Waals surface area contributed by atoms with E-state index in [1.165, 1.54) is 12.5 Å². The number of primary amides is 1. The van der Waals surface area contributed by atoms with Gasteiger partial charge in [0.2, 0.25) is 17.7 Å². The summed E-state index contributed by atoms with van der Waals surface area (Å²) in [7, 11) is 0. The molecular formula is C22H27N7O5. The number of benzene rings is 1. The Hall–Kier alpha value is -4.19. The second-order valence-corrected chi connectivity index (χ2v) is 7.92. The van der Waals surface area contributed by atoms with E-state index in [2.05, 4.69) is 25.6 Å². The highest BCUT2D eigenvalue weighted by molar-refractivity contribution is 5.93. The molecule has 0 saturated carbocycles. The minimum absolute atomic E-state index is 0.0141. The van der Waals surface area contributed by atoms with Crippen LogP contribution in [0.2, 0.25) is 0 Å². The van der Waals surface area contributed by atoms with Crippen molar-refractivity contribution in [2.24, 2.45) is 11.5 Å². The normalized spacial score (nSPS) is 13.7. The van der Waals surface area contributed by atoms with Gasteiger partial charge in [-0.25, -0.2) is 9.78 Å². The molecule has 3 amide bonds. The van der Waals surface area contributed by atoms with Gasteiger partial charge in [0.05, 0.1) is 12.4 Å². The number of hydrogen-bond donors (Lipinski definition) is 7. The van der Waals surface area contributed by atoms with Gasteiger partial charge >= 0.3 is 5.97 Å². The molecule has 0 aliphatic heterocycles. The molecule has 0 unspecified atom stereocenters. The molecule has 2 aromatic heterocycles. The lowest BCUT2D eigenvalue weighted by Crippen LogP contribution is -2.55. The zero-order valence-electron chi connectivity index (χ0n) is 18.3. The van der Waals surface area contributed by atoms with E-state index < -0.39 is 41.8 Å². The summed E-state index contributed by atoms with van der Waals surface area (Å²) in [5, 5.41) is 15.5. The third-order valence-corrected chi connectivity index (χ3v) is 5.36. The third kappa shape index (κ3) is 6.42. The molecule has 3 aromatic rings. The largest absolute Gasteiger partial charge is 0.480 e. The number of H-pyrrole nitrogens is 2. The minimum Gasteiger partial charge on any atom is -0.480 e. The molecule has 2 heterocycles. The van der Waals surface area contributed by atoms with Crippen LogP contribution in [0.1, 0.15) is 24.1 Å². The van der Waals surface area contributed by atoms with Crippen LogP contribution in [0.5, 0.6) is 0 Å². The number of carboxylic acids is 1. The lowest BCUT2D eigenvalue weighted by Gasteiger charge is -2.22. The summed E-state index contributed by atoms with van der Waals surface area (Å²) in [6.07, 6.45) is 4.59. The van der Waals surface area contributed by atoms with E-state index in [0.717, 1.165) is 16.5 Å². The Morgan fingerprint density at radius 1 is 1.03 bits per heavy atom. The van der Waals surface area contributed by atoms with Crippen molar-refractivity contribution >= 4 is 34.6 Å². The number of nitrogens with zero attached hydrogens (tertiary/aromatic N) is 1. The fourth-order valence-electron chi connectivity index (χ4n) is 3.53. The first-order valence-corrected chi connectivity index (χ1v) is 10.6.